The zero-order valence-corrected chi connectivity index (χ0v) is 28.1. The lowest BCUT2D eigenvalue weighted by Gasteiger charge is -2.16. The molecule has 0 N–H and O–H groups in total. The Labute approximate surface area is 300 Å². The number of rotatable bonds is 5. The molecule has 10 aromatic rings. The van der Waals surface area contributed by atoms with Crippen LogP contribution < -0.4 is 0 Å². The van der Waals surface area contributed by atoms with Crippen LogP contribution in [0.2, 0.25) is 0 Å². The third-order valence-electron chi connectivity index (χ3n) is 10.1. The summed E-state index contributed by atoms with van der Waals surface area (Å²) in [7, 11) is 0. The van der Waals surface area contributed by atoms with Crippen molar-refractivity contribution in [2.75, 3.05) is 0 Å². The Balaban J connectivity index is 1.31. The number of fused-ring (bicyclic) bond motifs is 7. The van der Waals surface area contributed by atoms with E-state index in [2.05, 4.69) is 155 Å². The second kappa shape index (κ2) is 12.0. The van der Waals surface area contributed by atoms with Crippen LogP contribution in [-0.2, 0) is 0 Å². The van der Waals surface area contributed by atoms with Gasteiger partial charge in [0, 0.05) is 43.9 Å². The lowest BCUT2D eigenvalue weighted by atomic mass is 9.98. The van der Waals surface area contributed by atoms with Crippen LogP contribution in [0.15, 0.2) is 182 Å². The lowest BCUT2D eigenvalue weighted by molar-refractivity contribution is 1.17. The Morgan fingerprint density at radius 2 is 1.08 bits per heavy atom. The molecule has 0 unspecified atom stereocenters. The fourth-order valence-electron chi connectivity index (χ4n) is 7.87. The molecule has 242 valence electrons. The van der Waals surface area contributed by atoms with Crippen molar-refractivity contribution < 1.29 is 0 Å². The van der Waals surface area contributed by atoms with Crippen molar-refractivity contribution in [1.29, 1.82) is 5.26 Å². The largest absolute Gasteiger partial charge is 0.309 e. The molecule has 0 aliphatic rings. The third-order valence-corrected chi connectivity index (χ3v) is 10.1. The molecule has 0 aliphatic heterocycles. The summed E-state index contributed by atoms with van der Waals surface area (Å²) >= 11 is 0. The zero-order chi connectivity index (χ0) is 34.6. The van der Waals surface area contributed by atoms with E-state index in [1.807, 2.05) is 42.5 Å². The molecule has 0 atom stereocenters. The fraction of sp³-hybridized carbons (Fsp3) is 0. The predicted octanol–water partition coefficient (Wildman–Crippen LogP) is 12.1. The molecule has 0 amide bonds. The Hall–Kier alpha value is -7.22. The maximum absolute atomic E-state index is 9.72. The van der Waals surface area contributed by atoms with E-state index in [1.54, 1.807) is 0 Å². The second-order valence-electron chi connectivity index (χ2n) is 13.1. The average Bonchev–Trinajstić information content (AvgIpc) is 3.74. The molecule has 0 aliphatic carbocycles. The first kappa shape index (κ1) is 29.7. The van der Waals surface area contributed by atoms with Crippen molar-refractivity contribution in [1.82, 2.24) is 14.1 Å². The zero-order valence-electron chi connectivity index (χ0n) is 28.1. The number of pyridine rings is 1. The molecular weight excluding hydrogens is 633 g/mol. The summed E-state index contributed by atoms with van der Waals surface area (Å²) in [6, 6.07) is 66.0. The highest BCUT2D eigenvalue weighted by molar-refractivity contribution is 6.26. The van der Waals surface area contributed by atoms with Gasteiger partial charge >= 0.3 is 0 Å². The first-order chi connectivity index (χ1) is 25.8. The van der Waals surface area contributed by atoms with Gasteiger partial charge in [0.1, 0.15) is 0 Å². The van der Waals surface area contributed by atoms with Crippen molar-refractivity contribution in [3.8, 4) is 51.1 Å². The average molecular weight is 663 g/mol. The van der Waals surface area contributed by atoms with E-state index in [4.69, 9.17) is 4.98 Å². The van der Waals surface area contributed by atoms with Gasteiger partial charge in [0.15, 0.2) is 0 Å². The Morgan fingerprint density at radius 1 is 0.442 bits per heavy atom. The maximum Gasteiger partial charge on any atom is 0.0991 e. The van der Waals surface area contributed by atoms with Crippen molar-refractivity contribution in [2.24, 2.45) is 0 Å². The van der Waals surface area contributed by atoms with Gasteiger partial charge < -0.3 is 9.13 Å². The molecule has 52 heavy (non-hydrogen) atoms. The molecule has 3 heterocycles. The first-order valence-electron chi connectivity index (χ1n) is 17.5. The van der Waals surface area contributed by atoms with Crippen molar-refractivity contribution >= 4 is 43.6 Å². The second-order valence-corrected chi connectivity index (χ2v) is 13.1. The lowest BCUT2D eigenvalue weighted by Crippen LogP contribution is -1.99. The molecule has 0 radical (unpaired) electrons. The third kappa shape index (κ3) is 4.65. The highest BCUT2D eigenvalue weighted by Crippen LogP contribution is 2.44. The van der Waals surface area contributed by atoms with Crippen LogP contribution in [-0.4, -0.2) is 14.1 Å². The molecule has 0 bridgehead atoms. The van der Waals surface area contributed by atoms with Crippen LogP contribution in [0, 0.1) is 11.3 Å². The van der Waals surface area contributed by atoms with Gasteiger partial charge in [-0.05, 0) is 66.2 Å². The predicted molar refractivity (Wildman–Crippen MR) is 214 cm³/mol. The van der Waals surface area contributed by atoms with E-state index in [0.717, 1.165) is 56.0 Å². The fourth-order valence-corrected chi connectivity index (χ4v) is 7.87. The van der Waals surface area contributed by atoms with Crippen LogP contribution in [0.5, 0.6) is 0 Å². The number of hydrogen-bond donors (Lipinski definition) is 0. The van der Waals surface area contributed by atoms with Gasteiger partial charge in [-0.1, -0.05) is 121 Å². The number of nitrogens with zero attached hydrogens (tertiary/aromatic N) is 4. The minimum Gasteiger partial charge on any atom is -0.309 e. The number of nitriles is 1. The minimum atomic E-state index is 0.607. The highest BCUT2D eigenvalue weighted by atomic mass is 15.0. The molecule has 0 spiro atoms. The number of aromatic nitrogens is 3. The summed E-state index contributed by atoms with van der Waals surface area (Å²) < 4.78 is 4.84. The monoisotopic (exact) mass is 662 g/mol. The number of hydrogen-bond acceptors (Lipinski definition) is 2. The van der Waals surface area contributed by atoms with E-state index in [9.17, 15) is 5.26 Å². The SMILES string of the molecule is N#Cc1cccc(-c2cc(-c3ccccc3-n3c4ccccc4c4ccc5c(c6ccccc6n5-c5ccccc5)c43)cc(-c3ccccc3)n2)c1. The van der Waals surface area contributed by atoms with Crippen LogP contribution in [0.3, 0.4) is 0 Å². The molecule has 7 aromatic carbocycles. The van der Waals surface area contributed by atoms with Crippen LogP contribution in [0.4, 0.5) is 0 Å². The van der Waals surface area contributed by atoms with Gasteiger partial charge in [0.05, 0.1) is 50.8 Å². The van der Waals surface area contributed by atoms with E-state index < -0.39 is 0 Å². The summed E-state index contributed by atoms with van der Waals surface area (Å²) in [5, 5.41) is 14.6. The minimum absolute atomic E-state index is 0.607. The molecule has 0 saturated heterocycles. The van der Waals surface area contributed by atoms with E-state index in [0.29, 0.717) is 5.56 Å². The van der Waals surface area contributed by atoms with E-state index in [-0.39, 0.29) is 0 Å². The van der Waals surface area contributed by atoms with Gasteiger partial charge in [-0.3, -0.25) is 0 Å². The maximum atomic E-state index is 9.72. The standard InChI is InChI=1S/C48H30N4/c49-31-32-14-13-17-34(28-32)42-30-35(29-41(50-42)33-15-3-1-4-16-33)37-20-7-10-23-43(37)52-44-24-11-8-21-38(44)39-26-27-46-47(48(39)52)40-22-9-12-25-45(40)51(46)36-18-5-2-6-19-36/h1-30H. The molecule has 0 fully saturated rings. The van der Waals surface area contributed by atoms with Crippen LogP contribution in [0.25, 0.3) is 88.6 Å². The number of benzene rings is 7. The Morgan fingerprint density at radius 3 is 1.87 bits per heavy atom. The van der Waals surface area contributed by atoms with Gasteiger partial charge in [0.25, 0.3) is 0 Å². The summed E-state index contributed by atoms with van der Waals surface area (Å²) in [5.41, 5.74) is 13.3. The summed E-state index contributed by atoms with van der Waals surface area (Å²) in [6.07, 6.45) is 0. The molecule has 10 rings (SSSR count). The Bertz CT molecular complexity index is 3020. The first-order valence-corrected chi connectivity index (χ1v) is 17.5. The summed E-state index contributed by atoms with van der Waals surface area (Å²) in [6.45, 7) is 0. The summed E-state index contributed by atoms with van der Waals surface area (Å²) in [4.78, 5) is 5.15. The van der Waals surface area contributed by atoms with Gasteiger partial charge in [0.2, 0.25) is 0 Å². The molecule has 4 heteroatoms. The van der Waals surface area contributed by atoms with Crippen LogP contribution >= 0.6 is 0 Å². The van der Waals surface area contributed by atoms with Gasteiger partial charge in [-0.2, -0.15) is 5.26 Å². The van der Waals surface area contributed by atoms with E-state index in [1.165, 1.54) is 32.6 Å². The quantitative estimate of drug-likeness (QED) is 0.184. The van der Waals surface area contributed by atoms with Crippen molar-refractivity contribution in [2.45, 2.75) is 0 Å². The molecule has 4 nitrogen and oxygen atoms in total. The normalized spacial score (nSPS) is 11.4. The van der Waals surface area contributed by atoms with E-state index >= 15 is 0 Å². The van der Waals surface area contributed by atoms with Gasteiger partial charge in [-0.15, -0.1) is 0 Å². The Kier molecular flexibility index (Phi) is 6.84. The van der Waals surface area contributed by atoms with Crippen LogP contribution in [0.1, 0.15) is 5.56 Å². The molecule has 0 saturated carbocycles. The van der Waals surface area contributed by atoms with Crippen molar-refractivity contribution in [3.05, 3.63) is 188 Å². The topological polar surface area (TPSA) is 46.5 Å². The smallest absolute Gasteiger partial charge is 0.0991 e. The molecule has 3 aromatic heterocycles. The summed E-state index contributed by atoms with van der Waals surface area (Å²) in [5.74, 6) is 0. The highest BCUT2D eigenvalue weighted by Gasteiger charge is 2.22. The number of para-hydroxylation sites is 4. The molecular formula is C48H30N4. The van der Waals surface area contributed by atoms with Gasteiger partial charge in [-0.25, -0.2) is 4.98 Å². The van der Waals surface area contributed by atoms with Crippen molar-refractivity contribution in [3.63, 3.8) is 0 Å².